The monoisotopic (exact) mass is 152 g/mol. The predicted octanol–water partition coefficient (Wildman–Crippen LogP) is 0.659. The van der Waals surface area contributed by atoms with Gasteiger partial charge in [0.1, 0.15) is 0 Å². The minimum atomic E-state index is -2.85. The Morgan fingerprint density at radius 2 is 2.11 bits per heavy atom. The first-order chi connectivity index (χ1) is 4.12. The summed E-state index contributed by atoms with van der Waals surface area (Å²) in [6.45, 7) is 1.68. The Kier molecular flexibility index (Phi) is 4.11. The highest BCUT2D eigenvalue weighted by molar-refractivity contribution is 7.57. The molecule has 1 atom stereocenters. The highest BCUT2D eigenvalue weighted by atomic mass is 31.2. The molecule has 0 aliphatic carbocycles. The van der Waals surface area contributed by atoms with Crippen LogP contribution >= 0.6 is 7.37 Å². The van der Waals surface area contributed by atoms with E-state index < -0.39 is 7.37 Å². The Morgan fingerprint density at radius 1 is 1.56 bits per heavy atom. The summed E-state index contributed by atoms with van der Waals surface area (Å²) in [6.07, 6.45) is 0.995. The van der Waals surface area contributed by atoms with Crippen LogP contribution in [0.4, 0.5) is 0 Å². The smallest absolute Gasteiger partial charge is 0.200 e. The Morgan fingerprint density at radius 3 is 2.44 bits per heavy atom. The molecule has 4 heteroatoms. The van der Waals surface area contributed by atoms with Gasteiger partial charge in [-0.1, -0.05) is 6.92 Å². The summed E-state index contributed by atoms with van der Waals surface area (Å²) in [5, 5.41) is 8.29. The molecule has 0 aliphatic heterocycles. The minimum Gasteiger partial charge on any atom is -0.396 e. The molecule has 9 heavy (non-hydrogen) atoms. The molecule has 0 fully saturated rings. The maximum absolute atomic E-state index is 10.8. The quantitative estimate of drug-likeness (QED) is 0.582. The molecule has 0 aromatic carbocycles. The van der Waals surface area contributed by atoms with Gasteiger partial charge in [0.15, 0.2) is 7.37 Å². The summed E-state index contributed by atoms with van der Waals surface area (Å²) in [4.78, 5) is 8.90. The highest BCUT2D eigenvalue weighted by Crippen LogP contribution is 2.39. The van der Waals surface area contributed by atoms with Gasteiger partial charge in [0, 0.05) is 18.9 Å². The van der Waals surface area contributed by atoms with Crippen LogP contribution in [0, 0.1) is 0 Å². The van der Waals surface area contributed by atoms with Gasteiger partial charge in [-0.05, 0) is 6.42 Å². The molecule has 0 saturated heterocycles. The van der Waals surface area contributed by atoms with Crippen molar-refractivity contribution in [3.63, 3.8) is 0 Å². The Balaban J connectivity index is 3.46. The molecule has 3 nitrogen and oxygen atoms in total. The van der Waals surface area contributed by atoms with Gasteiger partial charge in [-0.2, -0.15) is 0 Å². The van der Waals surface area contributed by atoms with Gasteiger partial charge in [-0.3, -0.25) is 4.57 Å². The van der Waals surface area contributed by atoms with Crippen molar-refractivity contribution in [1.82, 2.24) is 0 Å². The molecule has 0 rings (SSSR count). The molecule has 1 unspecified atom stereocenters. The fraction of sp³-hybridized carbons (Fsp3) is 1.00. The van der Waals surface area contributed by atoms with E-state index in [1.54, 1.807) is 6.92 Å². The summed E-state index contributed by atoms with van der Waals surface area (Å²) in [6, 6.07) is 0. The van der Waals surface area contributed by atoms with E-state index in [4.69, 9.17) is 10.00 Å². The number of hydrogen-bond acceptors (Lipinski definition) is 2. The van der Waals surface area contributed by atoms with Gasteiger partial charge in [-0.25, -0.2) is 0 Å². The second-order valence-electron chi connectivity index (χ2n) is 1.96. The van der Waals surface area contributed by atoms with Crippen LogP contribution in [0.2, 0.25) is 0 Å². The van der Waals surface area contributed by atoms with E-state index in [-0.39, 0.29) is 12.8 Å². The number of aliphatic hydroxyl groups excluding tert-OH is 1. The normalized spacial score (nSPS) is 17.2. The lowest BCUT2D eigenvalue weighted by Crippen LogP contribution is -1.94. The number of hydrogen-bond donors (Lipinski definition) is 2. The molecule has 0 heterocycles. The third-order valence-corrected chi connectivity index (χ3v) is 3.16. The molecular formula is C5H13O3P. The summed E-state index contributed by atoms with van der Waals surface area (Å²) < 4.78 is 10.8. The molecule has 0 aromatic heterocycles. The van der Waals surface area contributed by atoms with Gasteiger partial charge in [-0.15, -0.1) is 0 Å². The first-order valence-corrected chi connectivity index (χ1v) is 5.07. The molecule has 56 valence electrons. The van der Waals surface area contributed by atoms with Crippen molar-refractivity contribution < 1.29 is 14.6 Å². The first kappa shape index (κ1) is 9.15. The van der Waals surface area contributed by atoms with Crippen LogP contribution in [-0.4, -0.2) is 28.9 Å². The zero-order valence-electron chi connectivity index (χ0n) is 5.58. The van der Waals surface area contributed by atoms with Gasteiger partial charge in [0.05, 0.1) is 0 Å². The fourth-order valence-corrected chi connectivity index (χ4v) is 1.43. The highest BCUT2D eigenvalue weighted by Gasteiger charge is 2.12. The van der Waals surface area contributed by atoms with Gasteiger partial charge < -0.3 is 10.00 Å². The molecule has 2 N–H and O–H groups in total. The summed E-state index contributed by atoms with van der Waals surface area (Å²) in [7, 11) is -2.85. The second-order valence-corrected chi connectivity index (χ2v) is 4.74. The van der Waals surface area contributed by atoms with Crippen molar-refractivity contribution in [2.45, 2.75) is 13.3 Å². The summed E-state index contributed by atoms with van der Waals surface area (Å²) >= 11 is 0. The van der Waals surface area contributed by atoms with Crippen LogP contribution in [0.3, 0.4) is 0 Å². The van der Waals surface area contributed by atoms with E-state index in [0.717, 1.165) is 0 Å². The Hall–Kier alpha value is 0.150. The molecule has 0 aliphatic rings. The summed E-state index contributed by atoms with van der Waals surface area (Å²) in [5.74, 6) is 0. The van der Waals surface area contributed by atoms with Crippen molar-refractivity contribution in [3.05, 3.63) is 0 Å². The van der Waals surface area contributed by atoms with Crippen LogP contribution in [-0.2, 0) is 4.57 Å². The van der Waals surface area contributed by atoms with Gasteiger partial charge in [0.2, 0.25) is 0 Å². The molecule has 0 radical (unpaired) electrons. The average molecular weight is 152 g/mol. The van der Waals surface area contributed by atoms with E-state index in [1.165, 1.54) is 0 Å². The molecule has 0 amide bonds. The van der Waals surface area contributed by atoms with Crippen molar-refractivity contribution in [2.24, 2.45) is 0 Å². The zero-order chi connectivity index (χ0) is 7.33. The molecule has 0 saturated carbocycles. The lowest BCUT2D eigenvalue weighted by Gasteiger charge is -2.05. The minimum absolute atomic E-state index is 0.00451. The largest absolute Gasteiger partial charge is 0.396 e. The van der Waals surface area contributed by atoms with Crippen LogP contribution in [0.15, 0.2) is 0 Å². The Labute approximate surface area is 55.2 Å². The van der Waals surface area contributed by atoms with E-state index in [2.05, 4.69) is 0 Å². The van der Waals surface area contributed by atoms with Crippen LogP contribution < -0.4 is 0 Å². The number of rotatable bonds is 4. The van der Waals surface area contributed by atoms with Gasteiger partial charge in [0.25, 0.3) is 0 Å². The second kappa shape index (κ2) is 4.04. The lowest BCUT2D eigenvalue weighted by molar-refractivity contribution is 0.293. The average Bonchev–Trinajstić information content (AvgIpc) is 1.84. The third-order valence-electron chi connectivity index (χ3n) is 1.16. The van der Waals surface area contributed by atoms with Crippen LogP contribution in [0.25, 0.3) is 0 Å². The van der Waals surface area contributed by atoms with E-state index in [0.29, 0.717) is 12.6 Å². The topological polar surface area (TPSA) is 57.5 Å². The molecular weight excluding hydrogens is 139 g/mol. The maximum Gasteiger partial charge on any atom is 0.200 e. The van der Waals surface area contributed by atoms with Crippen molar-refractivity contribution >= 4 is 7.37 Å². The third kappa shape index (κ3) is 4.64. The fourth-order valence-electron chi connectivity index (χ4n) is 0.476. The molecule has 0 spiro atoms. The van der Waals surface area contributed by atoms with Crippen LogP contribution in [0.5, 0.6) is 0 Å². The van der Waals surface area contributed by atoms with Crippen LogP contribution in [0.1, 0.15) is 13.3 Å². The van der Waals surface area contributed by atoms with Gasteiger partial charge >= 0.3 is 0 Å². The predicted molar refractivity (Wildman–Crippen MR) is 36.9 cm³/mol. The van der Waals surface area contributed by atoms with E-state index >= 15 is 0 Å². The Bertz CT molecular complexity index is 113. The molecule has 0 aromatic rings. The first-order valence-electron chi connectivity index (χ1n) is 3.04. The van der Waals surface area contributed by atoms with Crippen molar-refractivity contribution in [2.75, 3.05) is 18.9 Å². The van der Waals surface area contributed by atoms with Crippen molar-refractivity contribution in [3.8, 4) is 0 Å². The van der Waals surface area contributed by atoms with E-state index in [9.17, 15) is 4.57 Å². The SMILES string of the molecule is CCP(=O)(O)CCCO. The standard InChI is InChI=1S/C5H13O3P/c1-2-9(7,8)5-3-4-6/h6H,2-5H2,1H3,(H,7,8). The van der Waals surface area contributed by atoms with Crippen molar-refractivity contribution in [1.29, 1.82) is 0 Å². The zero-order valence-corrected chi connectivity index (χ0v) is 6.47. The summed E-state index contributed by atoms with van der Waals surface area (Å²) in [5.41, 5.74) is 0. The number of aliphatic hydroxyl groups is 1. The van der Waals surface area contributed by atoms with E-state index in [1.807, 2.05) is 0 Å². The lowest BCUT2D eigenvalue weighted by atomic mass is 10.5. The molecule has 0 bridgehead atoms. The maximum atomic E-state index is 10.8.